The number of carbonyl (C=O) groups excluding carboxylic acids is 2. The van der Waals surface area contributed by atoms with Gasteiger partial charge in [0.05, 0.1) is 18.4 Å². The molecule has 0 saturated heterocycles. The summed E-state index contributed by atoms with van der Waals surface area (Å²) in [5.41, 5.74) is 4.61. The standard InChI is InChI=1S/C27H32N2O6/c1-2-34-19(14-25(30)29-18-12-11-17(13-18)26(31)32)15-28-27(33)35-16-24-22-9-5-3-7-20(22)21-8-4-6-10-23(21)24/h3-10,17-19,24H,2,11-16H2,1H3,(H,28,33)(H,29,30)(H,31,32). The Morgan fingerprint density at radius 2 is 1.69 bits per heavy atom. The first-order valence-electron chi connectivity index (χ1n) is 12.2. The zero-order valence-corrected chi connectivity index (χ0v) is 19.9. The van der Waals surface area contributed by atoms with E-state index in [0.717, 1.165) is 22.3 Å². The lowest BCUT2D eigenvalue weighted by atomic mass is 9.98. The molecule has 3 unspecified atom stereocenters. The number of carboxylic acids is 1. The van der Waals surface area contributed by atoms with E-state index in [0.29, 0.717) is 25.9 Å². The maximum atomic E-state index is 12.5. The Morgan fingerprint density at radius 1 is 1.03 bits per heavy atom. The molecule has 0 heterocycles. The number of alkyl carbamates (subject to hydrolysis) is 1. The van der Waals surface area contributed by atoms with Crippen LogP contribution in [0, 0.1) is 5.92 Å². The van der Waals surface area contributed by atoms with E-state index in [2.05, 4.69) is 34.9 Å². The Balaban J connectivity index is 1.25. The van der Waals surface area contributed by atoms with E-state index in [1.165, 1.54) is 0 Å². The number of benzene rings is 2. The first kappa shape index (κ1) is 24.7. The molecule has 0 spiro atoms. The number of hydrogen-bond donors (Lipinski definition) is 3. The number of hydrogen-bond acceptors (Lipinski definition) is 5. The lowest BCUT2D eigenvalue weighted by Crippen LogP contribution is -2.40. The fraction of sp³-hybridized carbons (Fsp3) is 0.444. The van der Waals surface area contributed by atoms with Crippen molar-refractivity contribution in [2.24, 2.45) is 5.92 Å². The minimum absolute atomic E-state index is 0.0253. The average Bonchev–Trinajstić information content (AvgIpc) is 3.44. The second-order valence-corrected chi connectivity index (χ2v) is 9.10. The third-order valence-corrected chi connectivity index (χ3v) is 6.78. The molecular weight excluding hydrogens is 448 g/mol. The maximum absolute atomic E-state index is 12.5. The molecule has 2 aliphatic rings. The molecule has 1 fully saturated rings. The molecule has 2 aromatic carbocycles. The molecule has 186 valence electrons. The maximum Gasteiger partial charge on any atom is 0.407 e. The summed E-state index contributed by atoms with van der Waals surface area (Å²) in [6.45, 7) is 2.58. The quantitative estimate of drug-likeness (QED) is 0.478. The van der Waals surface area contributed by atoms with Gasteiger partial charge in [-0.15, -0.1) is 0 Å². The first-order chi connectivity index (χ1) is 17.0. The predicted octanol–water partition coefficient (Wildman–Crippen LogP) is 3.69. The highest BCUT2D eigenvalue weighted by Crippen LogP contribution is 2.44. The lowest BCUT2D eigenvalue weighted by molar-refractivity contribution is -0.141. The molecule has 0 aromatic heterocycles. The van der Waals surface area contributed by atoms with Crippen molar-refractivity contribution < 1.29 is 29.0 Å². The average molecular weight is 481 g/mol. The summed E-state index contributed by atoms with van der Waals surface area (Å²) in [6, 6.07) is 16.1. The number of amides is 2. The largest absolute Gasteiger partial charge is 0.481 e. The molecule has 2 amide bonds. The van der Waals surface area contributed by atoms with Gasteiger partial charge in [-0.25, -0.2) is 4.79 Å². The van der Waals surface area contributed by atoms with Crippen LogP contribution >= 0.6 is 0 Å². The Hall–Kier alpha value is -3.39. The molecule has 2 aliphatic carbocycles. The molecule has 0 aliphatic heterocycles. The molecule has 1 saturated carbocycles. The van der Waals surface area contributed by atoms with Crippen LogP contribution in [0.3, 0.4) is 0 Å². The van der Waals surface area contributed by atoms with Crippen molar-refractivity contribution in [3.05, 3.63) is 59.7 Å². The molecule has 35 heavy (non-hydrogen) atoms. The first-order valence-corrected chi connectivity index (χ1v) is 12.2. The molecular formula is C27H32N2O6. The van der Waals surface area contributed by atoms with E-state index in [1.54, 1.807) is 0 Å². The number of rotatable bonds is 10. The van der Waals surface area contributed by atoms with Crippen LogP contribution in [0.15, 0.2) is 48.5 Å². The van der Waals surface area contributed by atoms with Crippen molar-refractivity contribution >= 4 is 18.0 Å². The zero-order valence-electron chi connectivity index (χ0n) is 19.9. The summed E-state index contributed by atoms with van der Waals surface area (Å²) in [5, 5.41) is 14.7. The second-order valence-electron chi connectivity index (χ2n) is 9.10. The van der Waals surface area contributed by atoms with Crippen LogP contribution in [-0.2, 0) is 19.1 Å². The second kappa shape index (κ2) is 11.4. The van der Waals surface area contributed by atoms with Crippen LogP contribution in [-0.4, -0.2) is 55.0 Å². The summed E-state index contributed by atoms with van der Waals surface area (Å²) in [4.78, 5) is 36.0. The topological polar surface area (TPSA) is 114 Å². The minimum atomic E-state index is -0.818. The minimum Gasteiger partial charge on any atom is -0.481 e. The Morgan fingerprint density at radius 3 is 2.29 bits per heavy atom. The van der Waals surface area contributed by atoms with Crippen LogP contribution in [0.2, 0.25) is 0 Å². The van der Waals surface area contributed by atoms with Crippen LogP contribution in [0.5, 0.6) is 0 Å². The monoisotopic (exact) mass is 480 g/mol. The van der Waals surface area contributed by atoms with Crippen molar-refractivity contribution in [1.82, 2.24) is 10.6 Å². The fourth-order valence-electron chi connectivity index (χ4n) is 5.10. The fourth-order valence-corrected chi connectivity index (χ4v) is 5.10. The summed E-state index contributed by atoms with van der Waals surface area (Å²) >= 11 is 0. The number of carbonyl (C=O) groups is 3. The molecule has 3 N–H and O–H groups in total. The van der Waals surface area contributed by atoms with E-state index < -0.39 is 24.1 Å². The van der Waals surface area contributed by atoms with Crippen LogP contribution < -0.4 is 10.6 Å². The number of nitrogens with one attached hydrogen (secondary N) is 2. The van der Waals surface area contributed by atoms with E-state index in [4.69, 9.17) is 14.6 Å². The number of carboxylic acid groups (broad SMARTS) is 1. The van der Waals surface area contributed by atoms with Gasteiger partial charge in [0.15, 0.2) is 0 Å². The Labute approximate surface area is 205 Å². The molecule has 2 aromatic rings. The van der Waals surface area contributed by atoms with E-state index in [-0.39, 0.29) is 37.4 Å². The van der Waals surface area contributed by atoms with Gasteiger partial charge in [-0.3, -0.25) is 9.59 Å². The van der Waals surface area contributed by atoms with Gasteiger partial charge in [0.25, 0.3) is 0 Å². The van der Waals surface area contributed by atoms with Crippen molar-refractivity contribution in [3.8, 4) is 11.1 Å². The Kier molecular flexibility index (Phi) is 8.02. The van der Waals surface area contributed by atoms with Crippen molar-refractivity contribution in [3.63, 3.8) is 0 Å². The highest BCUT2D eigenvalue weighted by Gasteiger charge is 2.31. The summed E-state index contributed by atoms with van der Waals surface area (Å²) in [6.07, 6.45) is 0.678. The number of fused-ring (bicyclic) bond motifs is 3. The van der Waals surface area contributed by atoms with E-state index >= 15 is 0 Å². The van der Waals surface area contributed by atoms with Gasteiger partial charge in [0.2, 0.25) is 5.91 Å². The molecule has 0 radical (unpaired) electrons. The van der Waals surface area contributed by atoms with Gasteiger partial charge in [-0.05, 0) is 48.4 Å². The van der Waals surface area contributed by atoms with Gasteiger partial charge in [0.1, 0.15) is 6.61 Å². The lowest BCUT2D eigenvalue weighted by Gasteiger charge is -2.20. The summed E-state index contributed by atoms with van der Waals surface area (Å²) in [7, 11) is 0. The summed E-state index contributed by atoms with van der Waals surface area (Å²) in [5.74, 6) is -1.46. The zero-order chi connectivity index (χ0) is 24.8. The molecule has 8 nitrogen and oxygen atoms in total. The number of aliphatic carboxylic acids is 1. The van der Waals surface area contributed by atoms with Crippen molar-refractivity contribution in [2.45, 2.75) is 50.7 Å². The third-order valence-electron chi connectivity index (χ3n) is 6.78. The summed E-state index contributed by atoms with van der Waals surface area (Å²) < 4.78 is 11.2. The van der Waals surface area contributed by atoms with Gasteiger partial charge >= 0.3 is 12.1 Å². The van der Waals surface area contributed by atoms with Crippen LogP contribution in [0.1, 0.15) is 49.7 Å². The van der Waals surface area contributed by atoms with Crippen molar-refractivity contribution in [1.29, 1.82) is 0 Å². The van der Waals surface area contributed by atoms with Gasteiger partial charge in [-0.2, -0.15) is 0 Å². The molecule has 8 heteroatoms. The van der Waals surface area contributed by atoms with Crippen LogP contribution in [0.4, 0.5) is 4.79 Å². The highest BCUT2D eigenvalue weighted by molar-refractivity contribution is 5.79. The van der Waals surface area contributed by atoms with E-state index in [1.807, 2.05) is 31.2 Å². The highest BCUT2D eigenvalue weighted by atomic mass is 16.5. The number of ether oxygens (including phenoxy) is 2. The SMILES string of the molecule is CCOC(CNC(=O)OCC1c2ccccc2-c2ccccc21)CC(=O)NC1CCC(C(=O)O)C1. The van der Waals surface area contributed by atoms with Gasteiger partial charge in [-0.1, -0.05) is 48.5 Å². The molecule has 4 rings (SSSR count). The van der Waals surface area contributed by atoms with Gasteiger partial charge in [0, 0.05) is 25.1 Å². The van der Waals surface area contributed by atoms with Crippen LogP contribution in [0.25, 0.3) is 11.1 Å². The van der Waals surface area contributed by atoms with Gasteiger partial charge < -0.3 is 25.2 Å². The third kappa shape index (κ3) is 6.00. The van der Waals surface area contributed by atoms with E-state index in [9.17, 15) is 14.4 Å². The Bertz CT molecular complexity index is 1030. The molecule has 0 bridgehead atoms. The predicted molar refractivity (Wildman–Crippen MR) is 130 cm³/mol. The normalized spacial score (nSPS) is 19.5. The van der Waals surface area contributed by atoms with Crippen molar-refractivity contribution in [2.75, 3.05) is 19.8 Å². The smallest absolute Gasteiger partial charge is 0.407 e. The molecule has 3 atom stereocenters.